The zero-order chi connectivity index (χ0) is 18.6. The van der Waals surface area contributed by atoms with Crippen LogP contribution in [-0.2, 0) is 0 Å². The molecule has 0 amide bonds. The number of thiophene rings is 4. The van der Waals surface area contributed by atoms with Crippen molar-refractivity contribution in [2.24, 2.45) is 0 Å². The first-order chi connectivity index (χ1) is 13.7. The SMILES string of the molecule is Fc1cc2c3ccsc3c3cc4c(cc3c2s1)c1sccc1c1cc(F)sc14. The Bertz CT molecular complexity index is 1610. The Morgan fingerprint density at radius 3 is 1.32 bits per heavy atom. The minimum absolute atomic E-state index is 0.160. The van der Waals surface area contributed by atoms with Crippen LogP contribution in [0.3, 0.4) is 0 Å². The molecule has 0 atom stereocenters. The summed E-state index contributed by atoms with van der Waals surface area (Å²) in [5.74, 6) is 0. The molecule has 0 bridgehead atoms. The van der Waals surface area contributed by atoms with Gasteiger partial charge in [0.1, 0.15) is 0 Å². The Balaban J connectivity index is 1.85. The van der Waals surface area contributed by atoms with Crippen molar-refractivity contribution in [1.82, 2.24) is 0 Å². The van der Waals surface area contributed by atoms with Crippen LogP contribution in [0.5, 0.6) is 0 Å². The van der Waals surface area contributed by atoms with E-state index >= 15 is 0 Å². The van der Waals surface area contributed by atoms with Gasteiger partial charge < -0.3 is 0 Å². The molecule has 0 unspecified atom stereocenters. The molecular weight excluding hydrogens is 431 g/mol. The van der Waals surface area contributed by atoms with E-state index in [0.717, 1.165) is 52.5 Å². The van der Waals surface area contributed by atoms with Crippen LogP contribution >= 0.6 is 45.3 Å². The Hall–Kier alpha value is -2.12. The summed E-state index contributed by atoms with van der Waals surface area (Å²) in [6.45, 7) is 0. The summed E-state index contributed by atoms with van der Waals surface area (Å²) in [4.78, 5) is 0. The molecule has 0 aliphatic rings. The molecule has 7 rings (SSSR count). The van der Waals surface area contributed by atoms with Crippen molar-refractivity contribution in [1.29, 1.82) is 0 Å². The summed E-state index contributed by atoms with van der Waals surface area (Å²) in [6, 6.07) is 11.8. The highest BCUT2D eigenvalue weighted by Crippen LogP contribution is 2.47. The molecule has 134 valence electrons. The van der Waals surface area contributed by atoms with Crippen molar-refractivity contribution in [3.63, 3.8) is 0 Å². The predicted molar refractivity (Wildman–Crippen MR) is 123 cm³/mol. The Morgan fingerprint density at radius 1 is 0.464 bits per heavy atom. The number of benzene rings is 3. The molecule has 0 saturated carbocycles. The largest absolute Gasteiger partial charge is 0.195 e. The molecule has 0 saturated heterocycles. The van der Waals surface area contributed by atoms with Crippen molar-refractivity contribution < 1.29 is 8.78 Å². The smallest absolute Gasteiger partial charge is 0.177 e. The van der Waals surface area contributed by atoms with E-state index in [-0.39, 0.29) is 10.3 Å². The molecular formula is C22H8F2S4. The fourth-order valence-electron chi connectivity index (χ4n) is 4.33. The quantitative estimate of drug-likeness (QED) is 0.207. The van der Waals surface area contributed by atoms with E-state index in [9.17, 15) is 8.78 Å². The minimum Gasteiger partial charge on any atom is -0.195 e. The molecule has 4 heterocycles. The van der Waals surface area contributed by atoms with Crippen molar-refractivity contribution in [3.8, 4) is 0 Å². The number of rotatable bonds is 0. The lowest BCUT2D eigenvalue weighted by atomic mass is 9.98. The summed E-state index contributed by atoms with van der Waals surface area (Å²) in [6.07, 6.45) is 0. The summed E-state index contributed by atoms with van der Waals surface area (Å²) in [5.41, 5.74) is 0. The third-order valence-corrected chi connectivity index (χ3v) is 9.26. The molecule has 3 aromatic carbocycles. The van der Waals surface area contributed by atoms with E-state index in [4.69, 9.17) is 0 Å². The number of hydrogen-bond donors (Lipinski definition) is 0. The van der Waals surface area contributed by atoms with Gasteiger partial charge >= 0.3 is 0 Å². The highest BCUT2D eigenvalue weighted by Gasteiger charge is 2.18. The van der Waals surface area contributed by atoms with Crippen LogP contribution < -0.4 is 0 Å². The maximum atomic E-state index is 14.2. The van der Waals surface area contributed by atoms with Gasteiger partial charge in [0.2, 0.25) is 0 Å². The first-order valence-corrected chi connectivity index (χ1v) is 12.0. The average molecular weight is 439 g/mol. The van der Waals surface area contributed by atoms with Crippen LogP contribution in [0, 0.1) is 10.3 Å². The fourth-order valence-corrected chi connectivity index (χ4v) is 8.07. The van der Waals surface area contributed by atoms with Gasteiger partial charge in [-0.3, -0.25) is 0 Å². The van der Waals surface area contributed by atoms with Crippen LogP contribution in [0.2, 0.25) is 0 Å². The van der Waals surface area contributed by atoms with E-state index in [1.807, 2.05) is 0 Å². The van der Waals surface area contributed by atoms with E-state index in [1.165, 1.54) is 32.1 Å². The second-order valence-corrected chi connectivity index (χ2v) is 10.7. The molecule has 0 radical (unpaired) electrons. The first kappa shape index (κ1) is 15.8. The second kappa shape index (κ2) is 5.27. The highest BCUT2D eigenvalue weighted by atomic mass is 32.1. The molecule has 0 spiro atoms. The molecule has 4 aromatic heterocycles. The topological polar surface area (TPSA) is 0 Å². The molecule has 7 aromatic rings. The fraction of sp³-hybridized carbons (Fsp3) is 0. The number of halogens is 2. The minimum atomic E-state index is -0.160. The molecule has 0 N–H and O–H groups in total. The lowest BCUT2D eigenvalue weighted by Crippen LogP contribution is -1.80. The van der Waals surface area contributed by atoms with Gasteiger partial charge in [-0.2, -0.15) is 8.78 Å². The molecule has 28 heavy (non-hydrogen) atoms. The second-order valence-electron chi connectivity index (χ2n) is 6.86. The number of hydrogen-bond acceptors (Lipinski definition) is 4. The van der Waals surface area contributed by atoms with Crippen LogP contribution in [-0.4, -0.2) is 0 Å². The van der Waals surface area contributed by atoms with E-state index in [1.54, 1.807) is 34.8 Å². The van der Waals surface area contributed by atoms with E-state index in [2.05, 4.69) is 35.0 Å². The van der Waals surface area contributed by atoms with Gasteiger partial charge in [0.05, 0.1) is 0 Å². The standard InChI is InChI=1S/C22H8F2S4/c23-17-7-15-9-1-3-25-19(9)11-5-14-12(6-13(11)21(15)27-17)20-10(2-4-26-20)16-8-18(24)28-22(14)16/h1-8H. The summed E-state index contributed by atoms with van der Waals surface area (Å²) < 4.78 is 32.7. The van der Waals surface area contributed by atoms with Gasteiger partial charge in [0.15, 0.2) is 10.3 Å². The van der Waals surface area contributed by atoms with Gasteiger partial charge in [-0.1, -0.05) is 0 Å². The molecule has 0 nitrogen and oxygen atoms in total. The monoisotopic (exact) mass is 438 g/mol. The van der Waals surface area contributed by atoms with Crippen LogP contribution in [0.15, 0.2) is 47.2 Å². The third-order valence-electron chi connectivity index (χ3n) is 5.45. The summed E-state index contributed by atoms with van der Waals surface area (Å²) in [7, 11) is 0. The summed E-state index contributed by atoms with van der Waals surface area (Å²) >= 11 is 5.77. The zero-order valence-corrected chi connectivity index (χ0v) is 17.3. The van der Waals surface area contributed by atoms with E-state index < -0.39 is 0 Å². The van der Waals surface area contributed by atoms with E-state index in [0.29, 0.717) is 0 Å². The van der Waals surface area contributed by atoms with Crippen molar-refractivity contribution in [2.75, 3.05) is 0 Å². The third kappa shape index (κ3) is 1.86. The highest BCUT2D eigenvalue weighted by molar-refractivity contribution is 7.22. The number of fused-ring (bicyclic) bond motifs is 12. The Labute approximate surface area is 172 Å². The maximum absolute atomic E-state index is 14.2. The molecule has 0 aliphatic heterocycles. The average Bonchev–Trinajstić information content (AvgIpc) is 3.44. The Kier molecular flexibility index (Phi) is 2.97. The first-order valence-electron chi connectivity index (χ1n) is 8.63. The zero-order valence-electron chi connectivity index (χ0n) is 14.0. The van der Waals surface area contributed by atoms with Gasteiger partial charge in [0, 0.05) is 61.9 Å². The molecule has 0 fully saturated rings. The molecule has 6 heteroatoms. The van der Waals surface area contributed by atoms with Crippen LogP contribution in [0.1, 0.15) is 0 Å². The van der Waals surface area contributed by atoms with Crippen LogP contribution in [0.25, 0.3) is 61.9 Å². The summed E-state index contributed by atoms with van der Waals surface area (Å²) in [5, 5.41) is 12.4. The van der Waals surface area contributed by atoms with Crippen molar-refractivity contribution in [2.45, 2.75) is 0 Å². The van der Waals surface area contributed by atoms with Crippen molar-refractivity contribution in [3.05, 3.63) is 57.4 Å². The maximum Gasteiger partial charge on any atom is 0.177 e. The van der Waals surface area contributed by atoms with Crippen molar-refractivity contribution >= 4 is 107 Å². The lowest BCUT2D eigenvalue weighted by molar-refractivity contribution is 0.658. The van der Waals surface area contributed by atoms with Gasteiger partial charge in [0.25, 0.3) is 0 Å². The predicted octanol–water partition coefficient (Wildman–Crippen LogP) is 9.13. The normalized spacial score (nSPS) is 12.6. The Morgan fingerprint density at radius 2 is 0.857 bits per heavy atom. The van der Waals surface area contributed by atoms with Gasteiger partial charge in [-0.05, 0) is 47.2 Å². The van der Waals surface area contributed by atoms with Crippen LogP contribution in [0.4, 0.5) is 8.78 Å². The van der Waals surface area contributed by atoms with Gasteiger partial charge in [-0.15, -0.1) is 45.3 Å². The molecule has 0 aliphatic carbocycles. The van der Waals surface area contributed by atoms with Gasteiger partial charge in [-0.25, -0.2) is 0 Å². The lowest BCUT2D eigenvalue weighted by Gasteiger charge is -2.08.